The van der Waals surface area contributed by atoms with Gasteiger partial charge in [-0.05, 0) is 32.6 Å². The summed E-state index contributed by atoms with van der Waals surface area (Å²) in [6.07, 6.45) is 4.43. The van der Waals surface area contributed by atoms with Crippen molar-refractivity contribution in [2.75, 3.05) is 6.61 Å². The highest BCUT2D eigenvalue weighted by molar-refractivity contribution is 5.03. The summed E-state index contributed by atoms with van der Waals surface area (Å²) in [6, 6.07) is 0. The highest BCUT2D eigenvalue weighted by Crippen LogP contribution is 2.38. The lowest BCUT2D eigenvalue weighted by Gasteiger charge is -2.42. The molecule has 1 rings (SSSR count). The van der Waals surface area contributed by atoms with E-state index in [4.69, 9.17) is 4.74 Å². The van der Waals surface area contributed by atoms with E-state index in [0.29, 0.717) is 18.9 Å². The topological polar surface area (TPSA) is 29.5 Å². The van der Waals surface area contributed by atoms with Gasteiger partial charge in [0.2, 0.25) is 0 Å². The van der Waals surface area contributed by atoms with E-state index in [1.165, 1.54) is 6.42 Å². The van der Waals surface area contributed by atoms with Gasteiger partial charge in [-0.2, -0.15) is 0 Å². The minimum absolute atomic E-state index is 0.337. The van der Waals surface area contributed by atoms with Crippen molar-refractivity contribution in [1.82, 2.24) is 0 Å². The molecule has 2 nitrogen and oxygen atoms in total. The fourth-order valence-corrected chi connectivity index (χ4v) is 2.75. The summed E-state index contributed by atoms with van der Waals surface area (Å²) < 4.78 is 5.88. The summed E-state index contributed by atoms with van der Waals surface area (Å²) >= 11 is 0. The van der Waals surface area contributed by atoms with Crippen molar-refractivity contribution in [1.29, 1.82) is 0 Å². The van der Waals surface area contributed by atoms with Gasteiger partial charge in [-0.15, -0.1) is 11.8 Å². The van der Waals surface area contributed by atoms with Crippen LogP contribution in [0.1, 0.15) is 52.9 Å². The van der Waals surface area contributed by atoms with Crippen LogP contribution in [0.2, 0.25) is 0 Å². The summed E-state index contributed by atoms with van der Waals surface area (Å²) in [5, 5.41) is 10.3. The van der Waals surface area contributed by atoms with Crippen LogP contribution < -0.4 is 0 Å². The van der Waals surface area contributed by atoms with E-state index >= 15 is 0 Å². The summed E-state index contributed by atoms with van der Waals surface area (Å²) in [7, 11) is 0. The molecule has 0 aromatic carbocycles. The summed E-state index contributed by atoms with van der Waals surface area (Å²) in [5.41, 5.74) is -0.337. The number of ether oxygens (including phenoxy) is 1. The standard InChI is InChI=1S/C14H24O2/c1-4-6-9-13(15)14(16-5-2)10-7-8-12(3)11-14/h12-13,15H,5,7-11H2,1-3H3. The molecule has 0 aromatic rings. The second kappa shape index (κ2) is 6.27. The van der Waals surface area contributed by atoms with Crippen LogP contribution in [0.25, 0.3) is 0 Å². The van der Waals surface area contributed by atoms with E-state index in [-0.39, 0.29) is 5.60 Å². The molecule has 1 fully saturated rings. The van der Waals surface area contributed by atoms with Gasteiger partial charge < -0.3 is 9.84 Å². The second-order valence-electron chi connectivity index (χ2n) is 4.85. The monoisotopic (exact) mass is 224 g/mol. The van der Waals surface area contributed by atoms with Crippen LogP contribution in [0, 0.1) is 17.8 Å². The highest BCUT2D eigenvalue weighted by Gasteiger charge is 2.41. The summed E-state index contributed by atoms with van der Waals surface area (Å²) in [4.78, 5) is 0. The Balaban J connectivity index is 2.72. The molecule has 16 heavy (non-hydrogen) atoms. The molecule has 2 heteroatoms. The van der Waals surface area contributed by atoms with E-state index in [2.05, 4.69) is 18.8 Å². The van der Waals surface area contributed by atoms with Gasteiger partial charge >= 0.3 is 0 Å². The van der Waals surface area contributed by atoms with Crippen molar-refractivity contribution in [3.05, 3.63) is 0 Å². The maximum absolute atomic E-state index is 10.3. The van der Waals surface area contributed by atoms with Crippen molar-refractivity contribution < 1.29 is 9.84 Å². The first kappa shape index (κ1) is 13.5. The van der Waals surface area contributed by atoms with Gasteiger partial charge in [0.1, 0.15) is 0 Å². The average Bonchev–Trinajstić information content (AvgIpc) is 2.26. The molecule has 0 aliphatic heterocycles. The van der Waals surface area contributed by atoms with Crippen molar-refractivity contribution in [2.24, 2.45) is 5.92 Å². The third kappa shape index (κ3) is 3.23. The molecular weight excluding hydrogens is 200 g/mol. The molecular formula is C14H24O2. The highest BCUT2D eigenvalue weighted by atomic mass is 16.5. The number of hydrogen-bond acceptors (Lipinski definition) is 2. The van der Waals surface area contributed by atoms with E-state index in [9.17, 15) is 5.11 Å². The smallest absolute Gasteiger partial charge is 0.0951 e. The number of aliphatic hydroxyl groups is 1. The maximum Gasteiger partial charge on any atom is 0.0951 e. The number of aliphatic hydroxyl groups excluding tert-OH is 1. The van der Waals surface area contributed by atoms with E-state index in [1.54, 1.807) is 0 Å². The average molecular weight is 224 g/mol. The van der Waals surface area contributed by atoms with Crippen molar-refractivity contribution >= 4 is 0 Å². The quantitative estimate of drug-likeness (QED) is 0.744. The van der Waals surface area contributed by atoms with Gasteiger partial charge in [0.05, 0.1) is 11.7 Å². The van der Waals surface area contributed by atoms with Crippen LogP contribution in [0.3, 0.4) is 0 Å². The van der Waals surface area contributed by atoms with Crippen LogP contribution in [-0.4, -0.2) is 23.4 Å². The first-order valence-corrected chi connectivity index (χ1v) is 6.36. The molecule has 1 saturated carbocycles. The fraction of sp³-hybridized carbons (Fsp3) is 0.857. The van der Waals surface area contributed by atoms with E-state index in [1.807, 2.05) is 13.8 Å². The zero-order chi connectivity index (χ0) is 12.0. The van der Waals surface area contributed by atoms with E-state index in [0.717, 1.165) is 19.3 Å². The molecule has 0 saturated heterocycles. The normalized spacial score (nSPS) is 31.6. The minimum Gasteiger partial charge on any atom is -0.389 e. The predicted molar refractivity (Wildman–Crippen MR) is 66.1 cm³/mol. The lowest BCUT2D eigenvalue weighted by molar-refractivity contribution is -0.145. The van der Waals surface area contributed by atoms with Crippen molar-refractivity contribution in [3.8, 4) is 11.8 Å². The Hall–Kier alpha value is -0.520. The van der Waals surface area contributed by atoms with Gasteiger partial charge in [0.25, 0.3) is 0 Å². The Labute approximate surface area is 99.4 Å². The molecule has 0 radical (unpaired) electrons. The van der Waals surface area contributed by atoms with Gasteiger partial charge in [-0.1, -0.05) is 19.8 Å². The summed E-state index contributed by atoms with van der Waals surface area (Å²) in [6.45, 7) is 6.72. The van der Waals surface area contributed by atoms with Gasteiger partial charge in [-0.25, -0.2) is 0 Å². The Kier molecular flexibility index (Phi) is 5.31. The summed E-state index contributed by atoms with van der Waals surface area (Å²) in [5.74, 6) is 6.45. The van der Waals surface area contributed by atoms with Crippen molar-refractivity contribution in [3.63, 3.8) is 0 Å². The Morgan fingerprint density at radius 2 is 2.31 bits per heavy atom. The largest absolute Gasteiger partial charge is 0.389 e. The van der Waals surface area contributed by atoms with Crippen molar-refractivity contribution in [2.45, 2.75) is 64.6 Å². The zero-order valence-corrected chi connectivity index (χ0v) is 10.8. The first-order valence-electron chi connectivity index (χ1n) is 6.36. The number of hydrogen-bond donors (Lipinski definition) is 1. The van der Waals surface area contributed by atoms with Crippen LogP contribution in [0.15, 0.2) is 0 Å². The third-order valence-electron chi connectivity index (χ3n) is 3.50. The molecule has 3 unspecified atom stereocenters. The maximum atomic E-state index is 10.3. The van der Waals surface area contributed by atoms with Crippen LogP contribution in [0.4, 0.5) is 0 Å². The number of rotatable bonds is 4. The molecule has 0 heterocycles. The Morgan fingerprint density at radius 3 is 2.88 bits per heavy atom. The van der Waals surface area contributed by atoms with Gasteiger partial charge in [-0.3, -0.25) is 0 Å². The molecule has 1 aliphatic rings. The molecule has 92 valence electrons. The van der Waals surface area contributed by atoms with Gasteiger partial charge in [0, 0.05) is 13.0 Å². The van der Waals surface area contributed by atoms with E-state index < -0.39 is 6.10 Å². The zero-order valence-electron chi connectivity index (χ0n) is 10.8. The van der Waals surface area contributed by atoms with Crippen LogP contribution in [-0.2, 0) is 4.74 Å². The predicted octanol–water partition coefficient (Wildman–Crippen LogP) is 2.75. The van der Waals surface area contributed by atoms with Crippen LogP contribution in [0.5, 0.6) is 0 Å². The van der Waals surface area contributed by atoms with Gasteiger partial charge in [0.15, 0.2) is 0 Å². The lowest BCUT2D eigenvalue weighted by atomic mass is 9.75. The first-order chi connectivity index (χ1) is 7.64. The molecule has 3 atom stereocenters. The van der Waals surface area contributed by atoms with Crippen LogP contribution >= 0.6 is 0 Å². The lowest BCUT2D eigenvalue weighted by Crippen LogP contribution is -2.48. The molecule has 0 spiro atoms. The molecule has 0 aromatic heterocycles. The minimum atomic E-state index is -0.442. The Bertz CT molecular complexity index is 260. The SMILES string of the molecule is CC#CCC(O)C1(OCC)CCCC(C)C1. The molecule has 0 bridgehead atoms. The molecule has 1 N–H and O–H groups in total. The molecule has 0 amide bonds. The Morgan fingerprint density at radius 1 is 1.56 bits per heavy atom. The second-order valence-corrected chi connectivity index (χ2v) is 4.85. The fourth-order valence-electron chi connectivity index (χ4n) is 2.75. The third-order valence-corrected chi connectivity index (χ3v) is 3.50. The molecule has 1 aliphatic carbocycles.